The van der Waals surface area contributed by atoms with Crippen molar-refractivity contribution in [3.63, 3.8) is 0 Å². The maximum absolute atomic E-state index is 13.2. The number of halogens is 1. The van der Waals surface area contributed by atoms with Crippen LogP contribution < -0.4 is 5.32 Å². The van der Waals surface area contributed by atoms with Gasteiger partial charge >= 0.3 is 0 Å². The van der Waals surface area contributed by atoms with Crippen LogP contribution in [0.15, 0.2) is 66.7 Å². The predicted octanol–water partition coefficient (Wildman–Crippen LogP) is 5.98. The van der Waals surface area contributed by atoms with E-state index in [0.29, 0.717) is 11.6 Å². The lowest BCUT2D eigenvalue weighted by molar-refractivity contribution is 0.0728. The molecular weight excluding hydrogens is 368 g/mol. The van der Waals surface area contributed by atoms with Gasteiger partial charge in [0, 0.05) is 28.4 Å². The molecule has 1 atom stereocenters. The number of fused-ring (bicyclic) bond motifs is 1. The third-order valence-corrected chi connectivity index (χ3v) is 5.75. The molecule has 1 heterocycles. The van der Waals surface area contributed by atoms with Gasteiger partial charge in [0.05, 0.1) is 0 Å². The van der Waals surface area contributed by atoms with E-state index in [1.807, 2.05) is 53.4 Å². The van der Waals surface area contributed by atoms with Crippen LogP contribution in [-0.4, -0.2) is 10.8 Å². The van der Waals surface area contributed by atoms with Gasteiger partial charge in [0.25, 0.3) is 5.91 Å². The van der Waals surface area contributed by atoms with Crippen molar-refractivity contribution in [2.75, 3.05) is 5.32 Å². The van der Waals surface area contributed by atoms with E-state index in [1.54, 1.807) is 0 Å². The summed E-state index contributed by atoms with van der Waals surface area (Å²) in [7, 11) is 0. The summed E-state index contributed by atoms with van der Waals surface area (Å²) in [5, 5.41) is 4.34. The van der Waals surface area contributed by atoms with Crippen molar-refractivity contribution in [2.24, 2.45) is 0 Å². The van der Waals surface area contributed by atoms with Crippen LogP contribution >= 0.6 is 11.6 Å². The number of carbonyl (C=O) groups excluding carboxylic acids is 1. The zero-order chi connectivity index (χ0) is 19.7. The van der Waals surface area contributed by atoms with E-state index in [4.69, 9.17) is 11.6 Å². The van der Waals surface area contributed by atoms with Crippen LogP contribution in [0.25, 0.3) is 0 Å². The van der Waals surface area contributed by atoms with Crippen LogP contribution in [0.1, 0.15) is 45.7 Å². The maximum atomic E-state index is 13.2. The first-order chi connectivity index (χ1) is 13.6. The van der Waals surface area contributed by atoms with E-state index in [9.17, 15) is 4.79 Å². The number of nitrogens with zero attached hydrogens (tertiary/aromatic N) is 1. The largest absolute Gasteiger partial charge is 0.361 e. The van der Waals surface area contributed by atoms with Gasteiger partial charge in [0.15, 0.2) is 0 Å². The highest BCUT2D eigenvalue weighted by atomic mass is 35.5. The van der Waals surface area contributed by atoms with Crippen LogP contribution in [0.2, 0.25) is 5.02 Å². The molecule has 3 nitrogen and oxygen atoms in total. The van der Waals surface area contributed by atoms with Gasteiger partial charge in [-0.15, -0.1) is 0 Å². The van der Waals surface area contributed by atoms with E-state index in [1.165, 1.54) is 11.1 Å². The summed E-state index contributed by atoms with van der Waals surface area (Å²) in [6.07, 6.45) is 0.697. The first-order valence-electron chi connectivity index (χ1n) is 9.58. The summed E-state index contributed by atoms with van der Waals surface area (Å²) < 4.78 is 0. The average molecular weight is 391 g/mol. The Balaban J connectivity index is 1.75. The number of carbonyl (C=O) groups is 1. The van der Waals surface area contributed by atoms with E-state index < -0.39 is 0 Å². The lowest BCUT2D eigenvalue weighted by atomic mass is 10.0. The van der Waals surface area contributed by atoms with Gasteiger partial charge in [-0.1, -0.05) is 73.1 Å². The molecule has 0 saturated carbocycles. The van der Waals surface area contributed by atoms with Crippen molar-refractivity contribution in [1.82, 2.24) is 4.90 Å². The Morgan fingerprint density at radius 3 is 2.46 bits per heavy atom. The van der Waals surface area contributed by atoms with E-state index in [-0.39, 0.29) is 12.1 Å². The van der Waals surface area contributed by atoms with Gasteiger partial charge in [0.1, 0.15) is 6.17 Å². The summed E-state index contributed by atoms with van der Waals surface area (Å²) in [4.78, 5) is 15.1. The van der Waals surface area contributed by atoms with Crippen LogP contribution in [0.4, 0.5) is 5.69 Å². The second-order valence-electron chi connectivity index (χ2n) is 7.12. The lowest BCUT2D eigenvalue weighted by Gasteiger charge is -2.29. The molecule has 1 aliphatic rings. The van der Waals surface area contributed by atoms with Gasteiger partial charge in [-0.3, -0.25) is 4.79 Å². The number of nitrogens with one attached hydrogen (secondary N) is 1. The molecule has 4 rings (SSSR count). The molecule has 142 valence electrons. The van der Waals surface area contributed by atoms with Gasteiger partial charge in [-0.2, -0.15) is 0 Å². The summed E-state index contributed by atoms with van der Waals surface area (Å²) in [5.41, 5.74) is 6.22. The van der Waals surface area contributed by atoms with Crippen LogP contribution in [0.3, 0.4) is 0 Å². The molecular formula is C24H23ClN2O. The van der Waals surface area contributed by atoms with Gasteiger partial charge < -0.3 is 10.2 Å². The molecule has 0 bridgehead atoms. The molecule has 28 heavy (non-hydrogen) atoms. The smallest absolute Gasteiger partial charge is 0.256 e. The quantitative estimate of drug-likeness (QED) is 0.581. The van der Waals surface area contributed by atoms with E-state index >= 15 is 0 Å². The van der Waals surface area contributed by atoms with Crippen molar-refractivity contribution in [3.8, 4) is 0 Å². The fraction of sp³-hybridized carbons (Fsp3) is 0.208. The highest BCUT2D eigenvalue weighted by molar-refractivity contribution is 6.31. The highest BCUT2D eigenvalue weighted by Gasteiger charge is 2.37. The van der Waals surface area contributed by atoms with Crippen molar-refractivity contribution < 1.29 is 4.79 Å². The van der Waals surface area contributed by atoms with E-state index in [0.717, 1.165) is 28.8 Å². The number of amides is 1. The Morgan fingerprint density at radius 1 is 0.964 bits per heavy atom. The molecule has 0 fully saturated rings. The standard InChI is InChI=1S/C24H23ClN2O/c1-3-17-11-8-9-16(2)22(17)26-23-19-12-5-6-13-20(19)24(28)27(23)15-18-10-4-7-14-21(18)25/h4-14,23,26H,3,15H2,1-2H3. The molecule has 0 aromatic heterocycles. The molecule has 3 aromatic carbocycles. The summed E-state index contributed by atoms with van der Waals surface area (Å²) in [5.74, 6) is 0.0275. The maximum Gasteiger partial charge on any atom is 0.256 e. The Bertz CT molecular complexity index is 1030. The van der Waals surface area contributed by atoms with Gasteiger partial charge in [0.2, 0.25) is 0 Å². The minimum Gasteiger partial charge on any atom is -0.361 e. The number of rotatable bonds is 5. The van der Waals surface area contributed by atoms with Crippen LogP contribution in [0, 0.1) is 6.92 Å². The normalized spacial score (nSPS) is 15.6. The Hall–Kier alpha value is -2.78. The first-order valence-corrected chi connectivity index (χ1v) is 9.96. The molecule has 0 radical (unpaired) electrons. The monoisotopic (exact) mass is 390 g/mol. The first kappa shape index (κ1) is 18.6. The third kappa shape index (κ3) is 3.27. The second kappa shape index (κ2) is 7.69. The zero-order valence-corrected chi connectivity index (χ0v) is 16.8. The fourth-order valence-electron chi connectivity index (χ4n) is 3.87. The molecule has 0 saturated heterocycles. The zero-order valence-electron chi connectivity index (χ0n) is 16.1. The van der Waals surface area contributed by atoms with E-state index in [2.05, 4.69) is 37.4 Å². The molecule has 3 aromatic rings. The molecule has 1 N–H and O–H groups in total. The average Bonchev–Trinajstić information content (AvgIpc) is 2.97. The second-order valence-corrected chi connectivity index (χ2v) is 7.53. The number of hydrogen-bond acceptors (Lipinski definition) is 2. The SMILES string of the molecule is CCc1cccc(C)c1NC1c2ccccc2C(=O)N1Cc1ccccc1Cl. The molecule has 0 spiro atoms. The molecule has 4 heteroatoms. The Labute approximate surface area is 171 Å². The molecule has 0 aliphatic carbocycles. The molecule has 1 aliphatic heterocycles. The van der Waals surface area contributed by atoms with Crippen LogP contribution in [-0.2, 0) is 13.0 Å². The number of para-hydroxylation sites is 1. The lowest BCUT2D eigenvalue weighted by Crippen LogP contribution is -2.32. The highest BCUT2D eigenvalue weighted by Crippen LogP contribution is 2.37. The van der Waals surface area contributed by atoms with Gasteiger partial charge in [-0.05, 0) is 42.2 Å². The van der Waals surface area contributed by atoms with Gasteiger partial charge in [-0.25, -0.2) is 0 Å². The predicted molar refractivity (Wildman–Crippen MR) is 115 cm³/mol. The number of anilines is 1. The van der Waals surface area contributed by atoms with Crippen molar-refractivity contribution in [1.29, 1.82) is 0 Å². The number of benzene rings is 3. The number of hydrogen-bond donors (Lipinski definition) is 1. The van der Waals surface area contributed by atoms with Crippen molar-refractivity contribution in [2.45, 2.75) is 33.0 Å². The van der Waals surface area contributed by atoms with Crippen LogP contribution in [0.5, 0.6) is 0 Å². The summed E-state index contributed by atoms with van der Waals surface area (Å²) >= 11 is 6.38. The fourth-order valence-corrected chi connectivity index (χ4v) is 4.06. The third-order valence-electron chi connectivity index (χ3n) is 5.38. The topological polar surface area (TPSA) is 32.3 Å². The minimum atomic E-state index is -0.230. The number of aryl methyl sites for hydroxylation is 2. The Kier molecular flexibility index (Phi) is 5.10. The van der Waals surface area contributed by atoms with Crippen molar-refractivity contribution in [3.05, 3.63) is 99.6 Å². The van der Waals surface area contributed by atoms with Crippen molar-refractivity contribution >= 4 is 23.2 Å². The molecule has 1 amide bonds. The molecule has 1 unspecified atom stereocenters. The Morgan fingerprint density at radius 2 is 1.68 bits per heavy atom. The summed E-state index contributed by atoms with van der Waals surface area (Å²) in [6.45, 7) is 4.70. The summed E-state index contributed by atoms with van der Waals surface area (Å²) in [6, 6.07) is 21.8. The minimum absolute atomic E-state index is 0.0275.